The van der Waals surface area contributed by atoms with E-state index in [1.807, 2.05) is 18.2 Å². The molecule has 2 N–H and O–H groups in total. The maximum absolute atomic E-state index is 12.5. The number of carbonyl (C=O) groups is 1. The Labute approximate surface area is 151 Å². The van der Waals surface area contributed by atoms with Crippen LogP contribution in [0.15, 0.2) is 40.5 Å². The van der Waals surface area contributed by atoms with Crippen LogP contribution in [0.1, 0.15) is 48.0 Å². The van der Waals surface area contributed by atoms with E-state index in [0.29, 0.717) is 11.4 Å². The first-order valence-corrected chi connectivity index (χ1v) is 10.4. The summed E-state index contributed by atoms with van der Waals surface area (Å²) in [6.07, 6.45) is 5.03. The first-order chi connectivity index (χ1) is 12.3. The van der Waals surface area contributed by atoms with E-state index in [-0.39, 0.29) is 5.56 Å². The quantitative estimate of drug-likeness (QED) is 0.863. The number of aromatic nitrogens is 1. The van der Waals surface area contributed by atoms with Crippen LogP contribution in [0, 0.1) is 0 Å². The second-order valence-corrected chi connectivity index (χ2v) is 9.30. The van der Waals surface area contributed by atoms with E-state index in [0.717, 1.165) is 10.8 Å². The molecule has 1 aliphatic carbocycles. The van der Waals surface area contributed by atoms with Gasteiger partial charge < -0.3 is 10.3 Å². The van der Waals surface area contributed by atoms with Crippen LogP contribution in [0.5, 0.6) is 0 Å². The molecule has 2 aliphatic rings. The summed E-state index contributed by atoms with van der Waals surface area (Å²) in [5.41, 5.74) is 1.44. The molecule has 2 aromatic rings. The van der Waals surface area contributed by atoms with Crippen LogP contribution in [0.25, 0.3) is 10.9 Å². The molecule has 0 radical (unpaired) electrons. The van der Waals surface area contributed by atoms with Gasteiger partial charge in [-0.1, -0.05) is 18.6 Å². The summed E-state index contributed by atoms with van der Waals surface area (Å²) in [5, 5.41) is 3.77. The highest BCUT2D eigenvalue weighted by atomic mass is 32.2. The number of hydrogen-bond donors (Lipinski definition) is 2. The molecule has 7 heteroatoms. The highest BCUT2D eigenvalue weighted by Crippen LogP contribution is 2.37. The number of nitrogens with one attached hydrogen (secondary N) is 2. The predicted molar refractivity (Wildman–Crippen MR) is 99.9 cm³/mol. The van der Waals surface area contributed by atoms with Gasteiger partial charge in [0.1, 0.15) is 5.56 Å². The third-order valence-electron chi connectivity index (χ3n) is 5.49. The molecule has 4 rings (SSSR count). The predicted octanol–water partition coefficient (Wildman–Crippen LogP) is 2.22. The Balaban J connectivity index is 1.62. The summed E-state index contributed by atoms with van der Waals surface area (Å²) in [6.45, 7) is 1.53. The minimum atomic E-state index is -3.34. The third kappa shape index (κ3) is 2.86. The monoisotopic (exact) mass is 372 g/mol. The number of H-pyrrole nitrogens is 1. The van der Waals surface area contributed by atoms with Gasteiger partial charge in [-0.3, -0.25) is 9.59 Å². The zero-order valence-electron chi connectivity index (χ0n) is 14.4. The smallest absolute Gasteiger partial charge is 0.261 e. The molecule has 0 bridgehead atoms. The summed E-state index contributed by atoms with van der Waals surface area (Å²) in [4.78, 5) is 27.6. The number of hydrogen-bond acceptors (Lipinski definition) is 4. The highest BCUT2D eigenvalue weighted by Gasteiger charge is 2.33. The molecule has 1 amide bonds. The van der Waals surface area contributed by atoms with Gasteiger partial charge >= 0.3 is 0 Å². The number of fused-ring (bicyclic) bond motifs is 1. The largest absolute Gasteiger partial charge is 0.344 e. The minimum absolute atomic E-state index is 0.0150. The van der Waals surface area contributed by atoms with Gasteiger partial charge in [-0.25, -0.2) is 8.42 Å². The van der Waals surface area contributed by atoms with Gasteiger partial charge in [0.2, 0.25) is 0 Å². The van der Waals surface area contributed by atoms with E-state index in [1.54, 1.807) is 6.07 Å². The zero-order chi connectivity index (χ0) is 18.5. The topological polar surface area (TPSA) is 96.1 Å². The van der Waals surface area contributed by atoms with E-state index in [1.165, 1.54) is 37.8 Å². The average molecular weight is 372 g/mol. The Kier molecular flexibility index (Phi) is 3.99. The standard InChI is InChI=1S/C19H20N2O4S/c1-11-16(7-8-26(11,24)25)20-18(22)15-9-14-6-5-13(12-3-2-4-12)10-17(14)21-19(15)23/h5-12,16H,2-4H2,1H3,(H,20,22)(H,21,23)/t11-,16+/m0/s1. The Bertz CT molecular complexity index is 1080. The van der Waals surface area contributed by atoms with Crippen molar-refractivity contribution in [1.82, 2.24) is 10.3 Å². The molecule has 0 saturated heterocycles. The zero-order valence-corrected chi connectivity index (χ0v) is 15.2. The van der Waals surface area contributed by atoms with E-state index in [9.17, 15) is 18.0 Å². The van der Waals surface area contributed by atoms with E-state index < -0.39 is 32.6 Å². The molecule has 6 nitrogen and oxygen atoms in total. The first kappa shape index (κ1) is 17.0. The lowest BCUT2D eigenvalue weighted by Gasteiger charge is -2.25. The Morgan fingerprint density at radius 2 is 2.00 bits per heavy atom. The molecular weight excluding hydrogens is 352 g/mol. The van der Waals surface area contributed by atoms with Crippen molar-refractivity contribution in [3.63, 3.8) is 0 Å². The van der Waals surface area contributed by atoms with Gasteiger partial charge in [-0.05, 0) is 54.8 Å². The van der Waals surface area contributed by atoms with E-state index in [2.05, 4.69) is 10.3 Å². The lowest BCUT2D eigenvalue weighted by molar-refractivity contribution is 0.0943. The molecule has 1 aliphatic heterocycles. The van der Waals surface area contributed by atoms with Gasteiger partial charge in [-0.15, -0.1) is 0 Å². The Hall–Kier alpha value is -2.41. The molecule has 26 heavy (non-hydrogen) atoms. The fourth-order valence-corrected chi connectivity index (χ4v) is 4.66. The summed E-state index contributed by atoms with van der Waals surface area (Å²) in [7, 11) is -3.34. The molecular formula is C19H20N2O4S. The number of amides is 1. The summed E-state index contributed by atoms with van der Waals surface area (Å²) >= 11 is 0. The normalized spacial score (nSPS) is 24.5. The number of aromatic amines is 1. The van der Waals surface area contributed by atoms with Crippen LogP contribution in [-0.4, -0.2) is 30.6 Å². The summed E-state index contributed by atoms with van der Waals surface area (Å²) < 4.78 is 23.5. The summed E-state index contributed by atoms with van der Waals surface area (Å²) in [5.74, 6) is -0.0155. The molecule has 1 saturated carbocycles. The van der Waals surface area contributed by atoms with Gasteiger partial charge in [0, 0.05) is 10.9 Å². The molecule has 2 heterocycles. The molecule has 1 aromatic heterocycles. The number of carbonyl (C=O) groups excluding carboxylic acids is 1. The second kappa shape index (κ2) is 6.09. The van der Waals surface area contributed by atoms with Crippen LogP contribution < -0.4 is 10.9 Å². The lowest BCUT2D eigenvalue weighted by Crippen LogP contribution is -2.42. The van der Waals surface area contributed by atoms with E-state index in [4.69, 9.17) is 0 Å². The van der Waals surface area contributed by atoms with Crippen LogP contribution in [0.3, 0.4) is 0 Å². The third-order valence-corrected chi connectivity index (χ3v) is 7.35. The molecule has 0 spiro atoms. The number of benzene rings is 1. The first-order valence-electron chi connectivity index (χ1n) is 8.75. The molecule has 2 atom stereocenters. The van der Waals surface area contributed by atoms with Gasteiger partial charge in [-0.2, -0.15) is 0 Å². The maximum Gasteiger partial charge on any atom is 0.261 e. The minimum Gasteiger partial charge on any atom is -0.344 e. The Morgan fingerprint density at radius 3 is 2.62 bits per heavy atom. The average Bonchev–Trinajstić information content (AvgIpc) is 2.79. The van der Waals surface area contributed by atoms with Crippen molar-refractivity contribution in [1.29, 1.82) is 0 Å². The summed E-state index contributed by atoms with van der Waals surface area (Å²) in [6, 6.07) is 6.87. The number of rotatable bonds is 3. The van der Waals surface area contributed by atoms with Crippen molar-refractivity contribution in [2.75, 3.05) is 0 Å². The molecule has 1 aromatic carbocycles. The highest BCUT2D eigenvalue weighted by molar-refractivity contribution is 7.95. The SMILES string of the molecule is C[C@H]1[C@H](NC(=O)c2cc3ccc(C4CCC4)cc3[nH]c2=O)C=CS1(=O)=O. The van der Waals surface area contributed by atoms with Gasteiger partial charge in [0.15, 0.2) is 9.84 Å². The molecule has 0 unspecified atom stereocenters. The fourth-order valence-electron chi connectivity index (χ4n) is 3.46. The molecule has 136 valence electrons. The van der Waals surface area contributed by atoms with Crippen LogP contribution in [-0.2, 0) is 9.84 Å². The Morgan fingerprint density at radius 1 is 1.23 bits per heavy atom. The van der Waals surface area contributed by atoms with Crippen LogP contribution >= 0.6 is 0 Å². The van der Waals surface area contributed by atoms with Crippen molar-refractivity contribution in [2.45, 2.75) is 43.4 Å². The van der Waals surface area contributed by atoms with Gasteiger partial charge in [0.25, 0.3) is 11.5 Å². The number of pyridine rings is 1. The second-order valence-electron chi connectivity index (χ2n) is 7.11. The molecule has 1 fully saturated rings. The van der Waals surface area contributed by atoms with Crippen molar-refractivity contribution in [3.05, 3.63) is 57.2 Å². The van der Waals surface area contributed by atoms with E-state index >= 15 is 0 Å². The van der Waals surface area contributed by atoms with Crippen molar-refractivity contribution in [2.24, 2.45) is 0 Å². The van der Waals surface area contributed by atoms with Crippen LogP contribution in [0.2, 0.25) is 0 Å². The van der Waals surface area contributed by atoms with Crippen molar-refractivity contribution in [3.8, 4) is 0 Å². The fraction of sp³-hybridized carbons (Fsp3) is 0.368. The van der Waals surface area contributed by atoms with Crippen LogP contribution in [0.4, 0.5) is 0 Å². The lowest BCUT2D eigenvalue weighted by atomic mass is 9.80. The van der Waals surface area contributed by atoms with Crippen molar-refractivity contribution < 1.29 is 13.2 Å². The maximum atomic E-state index is 12.5. The van der Waals surface area contributed by atoms with Gasteiger partial charge in [0.05, 0.1) is 11.3 Å². The number of sulfone groups is 1. The van der Waals surface area contributed by atoms with Crippen molar-refractivity contribution >= 4 is 26.6 Å².